The van der Waals surface area contributed by atoms with Gasteiger partial charge >= 0.3 is 0 Å². The number of rotatable bonds is 5. The first-order chi connectivity index (χ1) is 8.42. The Morgan fingerprint density at radius 1 is 1.35 bits per heavy atom. The standard InChI is InChI=1S/C13H21N3O/c17-11-3-5-13(12-4-1-2-6-15-12)16-9-7-14-8-10-16/h1-2,4,6,13-14,17H,3,5,7-11H2. The maximum atomic E-state index is 9.01. The van der Waals surface area contributed by atoms with Crippen LogP contribution in [0.25, 0.3) is 0 Å². The summed E-state index contributed by atoms with van der Waals surface area (Å²) in [6.45, 7) is 4.47. The molecule has 2 N–H and O–H groups in total. The molecule has 2 rings (SSSR count). The fourth-order valence-corrected chi connectivity index (χ4v) is 2.37. The zero-order valence-electron chi connectivity index (χ0n) is 10.2. The molecule has 0 amide bonds. The average molecular weight is 235 g/mol. The van der Waals surface area contributed by atoms with Gasteiger partial charge in [0, 0.05) is 39.0 Å². The van der Waals surface area contributed by atoms with Gasteiger partial charge in [-0.1, -0.05) is 6.07 Å². The zero-order chi connectivity index (χ0) is 11.9. The lowest BCUT2D eigenvalue weighted by Gasteiger charge is -2.34. The highest BCUT2D eigenvalue weighted by Gasteiger charge is 2.22. The Morgan fingerprint density at radius 2 is 2.18 bits per heavy atom. The summed E-state index contributed by atoms with van der Waals surface area (Å²) < 4.78 is 0. The van der Waals surface area contributed by atoms with Gasteiger partial charge in [-0.3, -0.25) is 9.88 Å². The highest BCUT2D eigenvalue weighted by atomic mass is 16.2. The molecule has 0 saturated carbocycles. The molecule has 1 aliphatic heterocycles. The number of aliphatic hydroxyl groups excluding tert-OH is 1. The molecule has 1 aliphatic rings. The summed E-state index contributed by atoms with van der Waals surface area (Å²) in [5.74, 6) is 0. The van der Waals surface area contributed by atoms with E-state index < -0.39 is 0 Å². The van der Waals surface area contributed by atoms with Crippen molar-refractivity contribution in [3.05, 3.63) is 30.1 Å². The van der Waals surface area contributed by atoms with E-state index in [1.54, 1.807) is 0 Å². The Kier molecular flexibility index (Phi) is 4.91. The van der Waals surface area contributed by atoms with Crippen LogP contribution in [-0.2, 0) is 0 Å². The van der Waals surface area contributed by atoms with Gasteiger partial charge in [-0.15, -0.1) is 0 Å². The minimum Gasteiger partial charge on any atom is -0.396 e. The molecule has 17 heavy (non-hydrogen) atoms. The first kappa shape index (κ1) is 12.5. The third-order valence-corrected chi connectivity index (χ3v) is 3.26. The first-order valence-electron chi connectivity index (χ1n) is 6.38. The second kappa shape index (κ2) is 6.69. The monoisotopic (exact) mass is 235 g/mol. The second-order valence-corrected chi connectivity index (χ2v) is 4.42. The average Bonchev–Trinajstić information content (AvgIpc) is 2.42. The molecule has 1 aromatic rings. The van der Waals surface area contributed by atoms with Crippen molar-refractivity contribution in [2.24, 2.45) is 0 Å². The molecular formula is C13H21N3O. The molecule has 2 heterocycles. The fraction of sp³-hybridized carbons (Fsp3) is 0.615. The lowest BCUT2D eigenvalue weighted by Crippen LogP contribution is -2.45. The Bertz CT molecular complexity index is 312. The lowest BCUT2D eigenvalue weighted by molar-refractivity contribution is 0.151. The summed E-state index contributed by atoms with van der Waals surface area (Å²) in [7, 11) is 0. The van der Waals surface area contributed by atoms with Gasteiger partial charge in [-0.25, -0.2) is 0 Å². The number of nitrogens with zero attached hydrogens (tertiary/aromatic N) is 2. The predicted molar refractivity (Wildman–Crippen MR) is 67.7 cm³/mol. The van der Waals surface area contributed by atoms with Crippen LogP contribution >= 0.6 is 0 Å². The van der Waals surface area contributed by atoms with Crippen molar-refractivity contribution in [2.45, 2.75) is 18.9 Å². The van der Waals surface area contributed by atoms with Crippen LogP contribution in [0.3, 0.4) is 0 Å². The smallest absolute Gasteiger partial charge is 0.0575 e. The largest absolute Gasteiger partial charge is 0.396 e. The van der Waals surface area contributed by atoms with Crippen molar-refractivity contribution in [3.63, 3.8) is 0 Å². The summed E-state index contributed by atoms with van der Waals surface area (Å²) in [6, 6.07) is 6.43. The third-order valence-electron chi connectivity index (χ3n) is 3.26. The van der Waals surface area contributed by atoms with Gasteiger partial charge in [0.1, 0.15) is 0 Å². The molecule has 0 spiro atoms. The van der Waals surface area contributed by atoms with Crippen molar-refractivity contribution >= 4 is 0 Å². The van der Waals surface area contributed by atoms with Gasteiger partial charge in [-0.2, -0.15) is 0 Å². The summed E-state index contributed by atoms with van der Waals surface area (Å²) in [5, 5.41) is 12.4. The van der Waals surface area contributed by atoms with Crippen LogP contribution in [0.15, 0.2) is 24.4 Å². The van der Waals surface area contributed by atoms with E-state index in [0.29, 0.717) is 6.04 Å². The van der Waals surface area contributed by atoms with E-state index in [9.17, 15) is 0 Å². The Hall–Kier alpha value is -0.970. The normalized spacial score (nSPS) is 19.1. The molecule has 1 atom stereocenters. The van der Waals surface area contributed by atoms with Gasteiger partial charge in [0.15, 0.2) is 0 Å². The minimum absolute atomic E-state index is 0.259. The van der Waals surface area contributed by atoms with Crippen LogP contribution in [0.1, 0.15) is 24.6 Å². The van der Waals surface area contributed by atoms with E-state index in [2.05, 4.69) is 21.3 Å². The number of pyridine rings is 1. The minimum atomic E-state index is 0.259. The summed E-state index contributed by atoms with van der Waals surface area (Å²) in [5.41, 5.74) is 1.13. The van der Waals surface area contributed by atoms with Crippen LogP contribution in [0.2, 0.25) is 0 Å². The van der Waals surface area contributed by atoms with E-state index >= 15 is 0 Å². The molecule has 1 aromatic heterocycles. The highest BCUT2D eigenvalue weighted by Crippen LogP contribution is 2.23. The number of aliphatic hydroxyl groups is 1. The molecule has 1 unspecified atom stereocenters. The van der Waals surface area contributed by atoms with Crippen LogP contribution in [0.5, 0.6) is 0 Å². The summed E-state index contributed by atoms with van der Waals surface area (Å²) in [6.07, 6.45) is 3.67. The first-order valence-corrected chi connectivity index (χ1v) is 6.38. The summed E-state index contributed by atoms with van der Waals surface area (Å²) in [4.78, 5) is 6.93. The van der Waals surface area contributed by atoms with Crippen molar-refractivity contribution in [1.82, 2.24) is 15.2 Å². The van der Waals surface area contributed by atoms with E-state index in [0.717, 1.165) is 44.7 Å². The molecule has 0 aliphatic carbocycles. The lowest BCUT2D eigenvalue weighted by atomic mass is 10.0. The highest BCUT2D eigenvalue weighted by molar-refractivity contribution is 5.09. The quantitative estimate of drug-likeness (QED) is 0.792. The summed E-state index contributed by atoms with van der Waals surface area (Å²) >= 11 is 0. The Morgan fingerprint density at radius 3 is 2.82 bits per heavy atom. The predicted octanol–water partition coefficient (Wildman–Crippen LogP) is 0.800. The van der Waals surface area contributed by atoms with Crippen molar-refractivity contribution in [3.8, 4) is 0 Å². The molecule has 1 fully saturated rings. The number of hydrogen-bond donors (Lipinski definition) is 2. The third kappa shape index (κ3) is 3.49. The molecule has 1 saturated heterocycles. The van der Waals surface area contributed by atoms with Crippen molar-refractivity contribution < 1.29 is 5.11 Å². The van der Waals surface area contributed by atoms with E-state index in [4.69, 9.17) is 5.11 Å². The molecule has 0 aromatic carbocycles. The molecule has 0 radical (unpaired) electrons. The van der Waals surface area contributed by atoms with E-state index in [-0.39, 0.29) is 6.61 Å². The Balaban J connectivity index is 2.06. The zero-order valence-corrected chi connectivity index (χ0v) is 10.2. The molecule has 0 bridgehead atoms. The van der Waals surface area contributed by atoms with Crippen LogP contribution in [0, 0.1) is 0 Å². The van der Waals surface area contributed by atoms with Gasteiger partial charge in [0.25, 0.3) is 0 Å². The molecular weight excluding hydrogens is 214 g/mol. The number of hydrogen-bond acceptors (Lipinski definition) is 4. The second-order valence-electron chi connectivity index (χ2n) is 4.42. The molecule has 4 heteroatoms. The van der Waals surface area contributed by atoms with E-state index in [1.807, 2.05) is 18.3 Å². The number of nitrogens with one attached hydrogen (secondary N) is 1. The maximum Gasteiger partial charge on any atom is 0.0575 e. The van der Waals surface area contributed by atoms with Crippen LogP contribution in [-0.4, -0.2) is 47.8 Å². The van der Waals surface area contributed by atoms with Gasteiger partial charge in [-0.05, 0) is 25.0 Å². The van der Waals surface area contributed by atoms with E-state index in [1.165, 1.54) is 0 Å². The Labute approximate surface area is 103 Å². The number of aromatic nitrogens is 1. The molecule has 4 nitrogen and oxygen atoms in total. The van der Waals surface area contributed by atoms with Gasteiger partial charge in [0.2, 0.25) is 0 Å². The number of piperazine rings is 1. The van der Waals surface area contributed by atoms with Crippen molar-refractivity contribution in [2.75, 3.05) is 32.8 Å². The fourth-order valence-electron chi connectivity index (χ4n) is 2.37. The molecule has 94 valence electrons. The van der Waals surface area contributed by atoms with Gasteiger partial charge < -0.3 is 10.4 Å². The SMILES string of the molecule is OCCCC(c1ccccn1)N1CCNCC1. The topological polar surface area (TPSA) is 48.4 Å². The maximum absolute atomic E-state index is 9.01. The van der Waals surface area contributed by atoms with Crippen LogP contribution in [0.4, 0.5) is 0 Å². The van der Waals surface area contributed by atoms with Crippen molar-refractivity contribution in [1.29, 1.82) is 0 Å². The van der Waals surface area contributed by atoms with Gasteiger partial charge in [0.05, 0.1) is 11.7 Å². The van der Waals surface area contributed by atoms with Crippen LogP contribution < -0.4 is 5.32 Å².